The summed E-state index contributed by atoms with van der Waals surface area (Å²) in [6, 6.07) is 7.59. The van der Waals surface area contributed by atoms with Gasteiger partial charge in [0.15, 0.2) is 0 Å². The first kappa shape index (κ1) is 24.6. The summed E-state index contributed by atoms with van der Waals surface area (Å²) in [4.78, 5) is 21.3. The van der Waals surface area contributed by atoms with Gasteiger partial charge in [0.25, 0.3) is 0 Å². The van der Waals surface area contributed by atoms with E-state index in [9.17, 15) is 13.2 Å². The van der Waals surface area contributed by atoms with Gasteiger partial charge in [0.05, 0.1) is 35.1 Å². The zero-order valence-corrected chi connectivity index (χ0v) is 20.0. The smallest absolute Gasteiger partial charge is 0.324 e. The Morgan fingerprint density at radius 3 is 2.61 bits per heavy atom. The number of imidazole rings is 1. The first-order chi connectivity index (χ1) is 15.8. The van der Waals surface area contributed by atoms with Gasteiger partial charge in [-0.1, -0.05) is 32.1 Å². The number of hydrogen-bond donors (Lipinski definition) is 0. The topological polar surface area (TPSA) is 94.4 Å². The number of aromatic nitrogens is 3. The number of hydrogen-bond acceptors (Lipinski definition) is 6. The van der Waals surface area contributed by atoms with Crippen molar-refractivity contribution in [2.24, 2.45) is 5.92 Å². The van der Waals surface area contributed by atoms with E-state index in [-0.39, 0.29) is 24.0 Å². The number of benzene rings is 1. The fourth-order valence-electron chi connectivity index (χ4n) is 3.66. The second kappa shape index (κ2) is 10.7. The maximum atomic E-state index is 13.5. The van der Waals surface area contributed by atoms with Crippen LogP contribution >= 0.6 is 0 Å². The molecule has 0 radical (unpaired) electrons. The number of ether oxygens (including phenoxy) is 1. The van der Waals surface area contributed by atoms with Crippen molar-refractivity contribution in [3.05, 3.63) is 67.3 Å². The van der Waals surface area contributed by atoms with Gasteiger partial charge >= 0.3 is 5.97 Å². The molecule has 33 heavy (non-hydrogen) atoms. The monoisotopic (exact) mass is 470 g/mol. The van der Waals surface area contributed by atoms with Crippen LogP contribution in [0.25, 0.3) is 11.0 Å². The van der Waals surface area contributed by atoms with E-state index in [1.165, 1.54) is 10.4 Å². The number of carbonyl (C=O) groups excluding carboxylic acids is 1. The van der Waals surface area contributed by atoms with Crippen molar-refractivity contribution in [2.45, 2.75) is 44.7 Å². The molecule has 0 N–H and O–H groups in total. The lowest BCUT2D eigenvalue weighted by molar-refractivity contribution is -0.148. The Morgan fingerprint density at radius 1 is 1.24 bits per heavy atom. The predicted octanol–water partition coefficient (Wildman–Crippen LogP) is 3.63. The molecule has 8 nitrogen and oxygen atoms in total. The summed E-state index contributed by atoms with van der Waals surface area (Å²) in [6.45, 7) is 9.98. The molecule has 2 aromatic heterocycles. The fraction of sp³-hybridized carbons (Fsp3) is 0.375. The zero-order valence-electron chi connectivity index (χ0n) is 19.2. The van der Waals surface area contributed by atoms with Gasteiger partial charge in [0, 0.05) is 19.3 Å². The van der Waals surface area contributed by atoms with Crippen molar-refractivity contribution >= 4 is 27.0 Å². The first-order valence-electron chi connectivity index (χ1n) is 10.9. The standard InChI is InChI=1S/C24H30N4O4S/c1-5-13-28(22(14-18(3)4)24(29)32-6-2)33(30,31)20-9-7-19(8-10-20)16-27-17-26-21-11-12-25-15-23(21)27/h5,7-12,15,17-18,22H,1,6,13-14,16H2,2-4H3/t22-/m0/s1. The molecule has 0 amide bonds. The molecule has 0 spiro atoms. The van der Waals surface area contributed by atoms with Crippen LogP contribution in [0.4, 0.5) is 0 Å². The minimum atomic E-state index is -3.95. The Kier molecular flexibility index (Phi) is 7.99. The number of esters is 1. The molecule has 2 heterocycles. The normalized spacial score (nSPS) is 12.9. The summed E-state index contributed by atoms with van der Waals surface area (Å²) in [5.41, 5.74) is 2.66. The summed E-state index contributed by atoms with van der Waals surface area (Å²) in [6.07, 6.45) is 7.01. The van der Waals surface area contributed by atoms with E-state index < -0.39 is 22.0 Å². The van der Waals surface area contributed by atoms with Gasteiger partial charge in [-0.15, -0.1) is 6.58 Å². The number of pyridine rings is 1. The van der Waals surface area contributed by atoms with Crippen molar-refractivity contribution in [3.8, 4) is 0 Å². The lowest BCUT2D eigenvalue weighted by Gasteiger charge is -2.29. The third kappa shape index (κ3) is 5.66. The van der Waals surface area contributed by atoms with Crippen LogP contribution < -0.4 is 0 Å². The quantitative estimate of drug-likeness (QED) is 0.314. The van der Waals surface area contributed by atoms with Gasteiger partial charge in [-0.25, -0.2) is 13.4 Å². The van der Waals surface area contributed by atoms with Gasteiger partial charge in [0.1, 0.15) is 6.04 Å². The fourth-order valence-corrected chi connectivity index (χ4v) is 5.22. The molecule has 9 heteroatoms. The lowest BCUT2D eigenvalue weighted by atomic mass is 10.0. The van der Waals surface area contributed by atoms with Crippen LogP contribution in [0.1, 0.15) is 32.8 Å². The largest absolute Gasteiger partial charge is 0.465 e. The van der Waals surface area contributed by atoms with Crippen LogP contribution in [0.2, 0.25) is 0 Å². The van der Waals surface area contributed by atoms with E-state index in [1.54, 1.807) is 49.9 Å². The summed E-state index contributed by atoms with van der Waals surface area (Å²) >= 11 is 0. The minimum Gasteiger partial charge on any atom is -0.465 e. The van der Waals surface area contributed by atoms with Crippen LogP contribution in [-0.2, 0) is 26.1 Å². The Morgan fingerprint density at radius 2 is 1.97 bits per heavy atom. The van der Waals surface area contributed by atoms with Crippen LogP contribution in [0.15, 0.2) is 66.6 Å². The molecule has 0 bridgehead atoms. The molecule has 1 aromatic carbocycles. The molecule has 0 aliphatic carbocycles. The van der Waals surface area contributed by atoms with Gasteiger partial charge < -0.3 is 9.30 Å². The second-order valence-electron chi connectivity index (χ2n) is 8.14. The van der Waals surface area contributed by atoms with Crippen molar-refractivity contribution in [2.75, 3.05) is 13.2 Å². The maximum absolute atomic E-state index is 13.5. The zero-order chi connectivity index (χ0) is 24.0. The van der Waals surface area contributed by atoms with E-state index in [0.29, 0.717) is 13.0 Å². The summed E-state index contributed by atoms with van der Waals surface area (Å²) in [5.74, 6) is -0.447. The third-order valence-electron chi connectivity index (χ3n) is 5.22. The lowest BCUT2D eigenvalue weighted by Crippen LogP contribution is -2.46. The molecular weight excluding hydrogens is 440 g/mol. The number of sulfonamides is 1. The van der Waals surface area contributed by atoms with Gasteiger partial charge in [-0.3, -0.25) is 9.78 Å². The molecule has 0 saturated heterocycles. The maximum Gasteiger partial charge on any atom is 0.324 e. The molecule has 0 aliphatic rings. The highest BCUT2D eigenvalue weighted by atomic mass is 32.2. The third-order valence-corrected chi connectivity index (χ3v) is 7.11. The van der Waals surface area contributed by atoms with Gasteiger partial charge in [0.2, 0.25) is 10.0 Å². The molecule has 176 valence electrons. The molecular formula is C24H30N4O4S. The molecule has 3 aromatic rings. The summed E-state index contributed by atoms with van der Waals surface area (Å²) in [7, 11) is -3.95. The Balaban J connectivity index is 1.88. The van der Waals surface area contributed by atoms with E-state index >= 15 is 0 Å². The highest BCUT2D eigenvalue weighted by Gasteiger charge is 2.36. The highest BCUT2D eigenvalue weighted by Crippen LogP contribution is 2.24. The van der Waals surface area contributed by atoms with E-state index in [1.807, 2.05) is 24.5 Å². The molecule has 0 fully saturated rings. The average molecular weight is 471 g/mol. The molecule has 0 saturated carbocycles. The first-order valence-corrected chi connectivity index (χ1v) is 12.3. The SMILES string of the molecule is C=CCN([C@@H](CC(C)C)C(=O)OCC)S(=O)(=O)c1ccc(Cn2cnc3ccncc32)cc1. The van der Waals surface area contributed by atoms with Crippen molar-refractivity contribution < 1.29 is 17.9 Å². The number of nitrogens with zero attached hydrogens (tertiary/aromatic N) is 4. The summed E-state index contributed by atoms with van der Waals surface area (Å²) in [5, 5.41) is 0. The average Bonchev–Trinajstić information content (AvgIpc) is 3.19. The number of carbonyl (C=O) groups is 1. The van der Waals surface area contributed by atoms with Crippen LogP contribution in [0.5, 0.6) is 0 Å². The highest BCUT2D eigenvalue weighted by molar-refractivity contribution is 7.89. The Bertz CT molecular complexity index is 1200. The molecule has 0 aliphatic heterocycles. The number of fused-ring (bicyclic) bond motifs is 1. The van der Waals surface area contributed by atoms with Crippen molar-refractivity contribution in [1.29, 1.82) is 0 Å². The van der Waals surface area contributed by atoms with Crippen LogP contribution in [-0.4, -0.2) is 52.4 Å². The van der Waals surface area contributed by atoms with E-state index in [0.717, 1.165) is 16.6 Å². The van der Waals surface area contributed by atoms with Gasteiger partial charge in [-0.2, -0.15) is 4.31 Å². The molecule has 1 atom stereocenters. The van der Waals surface area contributed by atoms with E-state index in [2.05, 4.69) is 16.5 Å². The van der Waals surface area contributed by atoms with Crippen LogP contribution in [0.3, 0.4) is 0 Å². The Labute approximate surface area is 195 Å². The molecule has 3 rings (SSSR count). The van der Waals surface area contributed by atoms with Crippen LogP contribution in [0, 0.1) is 5.92 Å². The van der Waals surface area contributed by atoms with Crippen molar-refractivity contribution in [1.82, 2.24) is 18.8 Å². The Hall–Kier alpha value is -3.04. The molecule has 0 unspecified atom stereocenters. The van der Waals surface area contributed by atoms with E-state index in [4.69, 9.17) is 4.74 Å². The second-order valence-corrected chi connectivity index (χ2v) is 10.0. The van der Waals surface area contributed by atoms with Gasteiger partial charge in [-0.05, 0) is 43.0 Å². The minimum absolute atomic E-state index is 0.00825. The predicted molar refractivity (Wildman–Crippen MR) is 127 cm³/mol. The summed E-state index contributed by atoms with van der Waals surface area (Å²) < 4.78 is 35.3. The number of rotatable bonds is 11. The van der Waals surface area contributed by atoms with Crippen molar-refractivity contribution in [3.63, 3.8) is 0 Å².